The van der Waals surface area contributed by atoms with Gasteiger partial charge in [-0.3, -0.25) is 4.42 Å². The SMILES string of the molecule is CC1CC1c1nc(N2C=NC3c4ccccc4N4CN(Cl)C=C4N32)no1. The monoisotopic (exact) mass is 369 g/mol. The second-order valence-electron chi connectivity index (χ2n) is 7.09. The van der Waals surface area contributed by atoms with Crippen molar-refractivity contribution in [2.45, 2.75) is 25.4 Å². The highest BCUT2D eigenvalue weighted by Gasteiger charge is 2.45. The molecule has 0 amide bonds. The summed E-state index contributed by atoms with van der Waals surface area (Å²) in [4.78, 5) is 11.5. The van der Waals surface area contributed by atoms with E-state index in [9.17, 15) is 0 Å². The average molecular weight is 370 g/mol. The lowest BCUT2D eigenvalue weighted by atomic mass is 10.1. The molecule has 6 rings (SSSR count). The minimum Gasteiger partial charge on any atom is -0.337 e. The molecule has 3 unspecified atom stereocenters. The highest BCUT2D eigenvalue weighted by atomic mass is 35.5. The van der Waals surface area contributed by atoms with E-state index in [1.54, 1.807) is 10.8 Å². The zero-order chi connectivity index (χ0) is 17.4. The first-order chi connectivity index (χ1) is 12.7. The third-order valence-electron chi connectivity index (χ3n) is 5.39. The number of halogens is 1. The van der Waals surface area contributed by atoms with Crippen molar-refractivity contribution in [1.29, 1.82) is 0 Å². The van der Waals surface area contributed by atoms with Gasteiger partial charge in [-0.1, -0.05) is 25.1 Å². The molecule has 3 atom stereocenters. The summed E-state index contributed by atoms with van der Waals surface area (Å²) in [6.07, 6.45) is 4.60. The normalized spacial score (nSPS) is 28.2. The van der Waals surface area contributed by atoms with Crippen LogP contribution < -0.4 is 9.91 Å². The number of hydrogen-bond acceptors (Lipinski definition) is 8. The molecule has 1 fully saturated rings. The molecule has 4 aliphatic rings. The highest BCUT2D eigenvalue weighted by molar-refractivity contribution is 6.14. The molecule has 3 aliphatic heterocycles. The van der Waals surface area contributed by atoms with Gasteiger partial charge < -0.3 is 9.42 Å². The molecule has 26 heavy (non-hydrogen) atoms. The van der Waals surface area contributed by atoms with Gasteiger partial charge in [0.1, 0.15) is 18.8 Å². The van der Waals surface area contributed by atoms with E-state index in [1.807, 2.05) is 23.3 Å². The number of para-hydroxylation sites is 1. The van der Waals surface area contributed by atoms with E-state index >= 15 is 0 Å². The number of aromatic nitrogens is 2. The van der Waals surface area contributed by atoms with Crippen molar-refractivity contribution < 1.29 is 4.52 Å². The molecule has 0 bridgehead atoms. The van der Waals surface area contributed by atoms with Gasteiger partial charge in [-0.05, 0) is 23.6 Å². The Hall–Kier alpha value is -2.74. The number of fused-ring (bicyclic) bond motifs is 6. The molecule has 9 heteroatoms. The second kappa shape index (κ2) is 4.91. The van der Waals surface area contributed by atoms with Crippen molar-refractivity contribution in [2.24, 2.45) is 10.9 Å². The van der Waals surface area contributed by atoms with Crippen molar-refractivity contribution in [1.82, 2.24) is 19.6 Å². The first-order valence-corrected chi connectivity index (χ1v) is 9.00. The predicted octanol–water partition coefficient (Wildman–Crippen LogP) is 3.00. The third kappa shape index (κ3) is 1.87. The van der Waals surface area contributed by atoms with Crippen LogP contribution in [-0.4, -0.2) is 32.6 Å². The number of benzene rings is 1. The van der Waals surface area contributed by atoms with E-state index in [0.29, 0.717) is 30.3 Å². The van der Waals surface area contributed by atoms with Gasteiger partial charge in [0.2, 0.25) is 5.89 Å². The molecule has 1 aliphatic carbocycles. The van der Waals surface area contributed by atoms with Crippen LogP contribution in [0, 0.1) is 5.92 Å². The summed E-state index contributed by atoms with van der Waals surface area (Å²) in [6, 6.07) is 8.24. The van der Waals surface area contributed by atoms with Crippen LogP contribution in [0.15, 0.2) is 45.8 Å². The summed E-state index contributed by atoms with van der Waals surface area (Å²) in [5.74, 6) is 3.14. The molecule has 132 valence electrons. The van der Waals surface area contributed by atoms with Crippen molar-refractivity contribution in [3.05, 3.63) is 47.7 Å². The topological polar surface area (TPSA) is 64.2 Å². The van der Waals surface area contributed by atoms with Crippen molar-refractivity contribution in [3.63, 3.8) is 0 Å². The van der Waals surface area contributed by atoms with Gasteiger partial charge in [-0.2, -0.15) is 4.98 Å². The molecule has 0 spiro atoms. The molecule has 1 aromatic heterocycles. The Labute approximate surface area is 155 Å². The summed E-state index contributed by atoms with van der Waals surface area (Å²) >= 11 is 6.29. The Morgan fingerprint density at radius 1 is 1.27 bits per heavy atom. The predicted molar refractivity (Wildman–Crippen MR) is 95.9 cm³/mol. The third-order valence-corrected chi connectivity index (χ3v) is 5.60. The number of rotatable bonds is 2. The molecule has 1 aromatic carbocycles. The summed E-state index contributed by atoms with van der Waals surface area (Å²) in [5, 5.41) is 8.08. The maximum atomic E-state index is 6.29. The fourth-order valence-corrected chi connectivity index (χ4v) is 4.07. The smallest absolute Gasteiger partial charge is 0.290 e. The second-order valence-corrected chi connectivity index (χ2v) is 7.53. The van der Waals surface area contributed by atoms with E-state index in [2.05, 4.69) is 39.1 Å². The first-order valence-electron chi connectivity index (χ1n) is 8.66. The van der Waals surface area contributed by atoms with Crippen LogP contribution in [0.3, 0.4) is 0 Å². The number of anilines is 2. The molecule has 1 saturated carbocycles. The van der Waals surface area contributed by atoms with Gasteiger partial charge >= 0.3 is 0 Å². The van der Waals surface area contributed by atoms with Crippen LogP contribution in [0.5, 0.6) is 0 Å². The van der Waals surface area contributed by atoms with Gasteiger partial charge in [-0.15, -0.1) is 0 Å². The Balaban J connectivity index is 1.42. The standard InChI is InChI=1S/C17H16ClN7O/c1-10-6-12(10)16-20-17(21-26-16)24-8-19-15-11-4-2-3-5-13(11)23-9-22(18)7-14(23)25(15)24/h2-5,7-8,10,12,15H,6,9H2,1H3. The zero-order valence-electron chi connectivity index (χ0n) is 14.0. The van der Waals surface area contributed by atoms with E-state index in [1.165, 1.54) is 0 Å². The van der Waals surface area contributed by atoms with E-state index in [0.717, 1.165) is 23.5 Å². The molecule has 8 nitrogen and oxygen atoms in total. The molecule has 0 N–H and O–H groups in total. The number of hydrazine groups is 1. The largest absolute Gasteiger partial charge is 0.337 e. The lowest BCUT2D eigenvalue weighted by Gasteiger charge is -2.41. The Kier molecular flexibility index (Phi) is 2.73. The molecule has 0 radical (unpaired) electrons. The van der Waals surface area contributed by atoms with Crippen molar-refractivity contribution in [2.75, 3.05) is 16.6 Å². The maximum absolute atomic E-state index is 6.29. The fraction of sp³-hybridized carbons (Fsp3) is 0.353. The Morgan fingerprint density at radius 2 is 2.12 bits per heavy atom. The molecule has 4 heterocycles. The van der Waals surface area contributed by atoms with Crippen LogP contribution in [-0.2, 0) is 0 Å². The highest BCUT2D eigenvalue weighted by Crippen LogP contribution is 2.48. The lowest BCUT2D eigenvalue weighted by molar-refractivity contribution is 0.276. The minimum atomic E-state index is -0.168. The number of nitrogens with zero attached hydrogens (tertiary/aromatic N) is 7. The molecule has 0 saturated heterocycles. The van der Waals surface area contributed by atoms with Gasteiger partial charge in [0.25, 0.3) is 5.95 Å². The van der Waals surface area contributed by atoms with E-state index < -0.39 is 0 Å². The van der Waals surface area contributed by atoms with E-state index in [4.69, 9.17) is 21.3 Å². The Morgan fingerprint density at radius 3 is 2.96 bits per heavy atom. The maximum Gasteiger partial charge on any atom is 0.290 e. The van der Waals surface area contributed by atoms with Gasteiger partial charge in [0.15, 0.2) is 6.17 Å². The van der Waals surface area contributed by atoms with Gasteiger partial charge in [0.05, 0.1) is 11.9 Å². The summed E-state index contributed by atoms with van der Waals surface area (Å²) < 4.78 is 7.13. The molecular formula is C17H16ClN7O. The average Bonchev–Trinajstić information content (AvgIpc) is 3.05. The Bertz CT molecular complexity index is 956. The fourth-order valence-electron chi connectivity index (χ4n) is 3.87. The van der Waals surface area contributed by atoms with Crippen LogP contribution in [0.2, 0.25) is 0 Å². The van der Waals surface area contributed by atoms with Crippen molar-refractivity contribution in [3.8, 4) is 0 Å². The van der Waals surface area contributed by atoms with Crippen LogP contribution in [0.4, 0.5) is 11.6 Å². The zero-order valence-corrected chi connectivity index (χ0v) is 14.8. The number of hydrogen-bond donors (Lipinski definition) is 0. The van der Waals surface area contributed by atoms with Gasteiger partial charge in [-0.25, -0.2) is 15.0 Å². The summed E-state index contributed by atoms with van der Waals surface area (Å²) in [5.41, 5.74) is 2.23. The van der Waals surface area contributed by atoms with Crippen LogP contribution >= 0.6 is 11.8 Å². The first kappa shape index (κ1) is 14.4. The van der Waals surface area contributed by atoms with Crippen molar-refractivity contribution >= 4 is 29.8 Å². The molecular weight excluding hydrogens is 354 g/mol. The summed E-state index contributed by atoms with van der Waals surface area (Å²) in [7, 11) is 0. The van der Waals surface area contributed by atoms with Crippen LogP contribution in [0.1, 0.15) is 36.9 Å². The van der Waals surface area contributed by atoms with E-state index in [-0.39, 0.29) is 6.17 Å². The molecule has 2 aromatic rings. The number of aliphatic imine (C=N–C) groups is 1. The van der Waals surface area contributed by atoms with Gasteiger partial charge in [0, 0.05) is 23.3 Å². The lowest BCUT2D eigenvalue weighted by Crippen LogP contribution is -2.47. The summed E-state index contributed by atoms with van der Waals surface area (Å²) in [6.45, 7) is 2.77. The van der Waals surface area contributed by atoms with Crippen LogP contribution in [0.25, 0.3) is 0 Å². The minimum absolute atomic E-state index is 0.168. The quantitative estimate of drug-likeness (QED) is 0.754.